The van der Waals surface area contributed by atoms with Crippen LogP contribution in [-0.4, -0.2) is 30.8 Å². The number of ether oxygens (including phenoxy) is 2. The molecule has 1 aromatic carbocycles. The zero-order valence-corrected chi connectivity index (χ0v) is 14.0. The van der Waals surface area contributed by atoms with Crippen molar-refractivity contribution >= 4 is 12.1 Å². The number of carbonyl (C=O) groups excluding carboxylic acids is 2. The average molecular weight is 317 g/mol. The first-order chi connectivity index (χ1) is 10.7. The van der Waals surface area contributed by atoms with Gasteiger partial charge in [0.05, 0.1) is 7.11 Å². The number of terminal acetylenes is 1. The predicted molar refractivity (Wildman–Crippen MR) is 87.9 cm³/mol. The molecule has 1 N–H and O–H groups in total. The van der Waals surface area contributed by atoms with E-state index in [1.165, 1.54) is 7.11 Å². The molecule has 1 amide bonds. The number of rotatable bonds is 5. The van der Waals surface area contributed by atoms with Crippen molar-refractivity contribution in [2.45, 2.75) is 45.3 Å². The van der Waals surface area contributed by atoms with Crippen LogP contribution in [0.4, 0.5) is 4.79 Å². The third-order valence-electron chi connectivity index (χ3n) is 3.02. The second-order valence-corrected chi connectivity index (χ2v) is 6.10. The van der Waals surface area contributed by atoms with Gasteiger partial charge in [-0.3, -0.25) is 0 Å². The molecule has 0 heterocycles. The highest BCUT2D eigenvalue weighted by molar-refractivity contribution is 5.81. The minimum atomic E-state index is -0.762. The van der Waals surface area contributed by atoms with Gasteiger partial charge in [0.2, 0.25) is 0 Å². The van der Waals surface area contributed by atoms with E-state index >= 15 is 0 Å². The summed E-state index contributed by atoms with van der Waals surface area (Å²) in [5.74, 6) is 2.04. The van der Waals surface area contributed by atoms with Crippen LogP contribution in [0.25, 0.3) is 0 Å². The Hall–Kier alpha value is -2.48. The van der Waals surface area contributed by atoms with Crippen LogP contribution in [-0.2, 0) is 20.7 Å². The quantitative estimate of drug-likeness (QED) is 0.670. The largest absolute Gasteiger partial charge is 0.467 e. The molecule has 0 radical (unpaired) electrons. The Kier molecular flexibility index (Phi) is 6.65. The lowest BCUT2D eigenvalue weighted by Gasteiger charge is -2.22. The van der Waals surface area contributed by atoms with E-state index < -0.39 is 23.7 Å². The zero-order chi connectivity index (χ0) is 17.5. The Labute approximate surface area is 137 Å². The van der Waals surface area contributed by atoms with Crippen molar-refractivity contribution in [1.29, 1.82) is 0 Å². The van der Waals surface area contributed by atoms with E-state index in [2.05, 4.69) is 11.2 Å². The number of benzene rings is 1. The van der Waals surface area contributed by atoms with Gasteiger partial charge in [0.1, 0.15) is 11.6 Å². The van der Waals surface area contributed by atoms with Crippen molar-refractivity contribution < 1.29 is 19.1 Å². The molecule has 0 saturated heterocycles. The van der Waals surface area contributed by atoms with Crippen molar-refractivity contribution in [2.24, 2.45) is 0 Å². The molecule has 0 aromatic heterocycles. The van der Waals surface area contributed by atoms with Gasteiger partial charge in [-0.15, -0.1) is 6.42 Å². The maximum atomic E-state index is 11.8. The summed E-state index contributed by atoms with van der Waals surface area (Å²) in [6, 6.07) is 6.71. The molecule has 5 nitrogen and oxygen atoms in total. The zero-order valence-electron chi connectivity index (χ0n) is 14.0. The van der Waals surface area contributed by atoms with E-state index in [9.17, 15) is 9.59 Å². The van der Waals surface area contributed by atoms with Crippen LogP contribution in [0.5, 0.6) is 0 Å². The number of nitrogens with one attached hydrogen (secondary N) is 1. The SMILES string of the molecule is C#Cc1ccc(CC[C@H](NC(=O)OC(C)(C)C)C(=O)OC)cc1. The number of alkyl carbamates (subject to hydrolysis) is 1. The molecule has 1 aromatic rings. The highest BCUT2D eigenvalue weighted by Gasteiger charge is 2.24. The Morgan fingerprint density at radius 1 is 1.26 bits per heavy atom. The number of amides is 1. The van der Waals surface area contributed by atoms with Gasteiger partial charge in [0, 0.05) is 5.56 Å². The van der Waals surface area contributed by atoms with Gasteiger partial charge in [-0.05, 0) is 51.3 Å². The third kappa shape index (κ3) is 6.88. The topological polar surface area (TPSA) is 64.6 Å². The lowest BCUT2D eigenvalue weighted by Crippen LogP contribution is -2.44. The lowest BCUT2D eigenvalue weighted by atomic mass is 10.0. The highest BCUT2D eigenvalue weighted by Crippen LogP contribution is 2.10. The van der Waals surface area contributed by atoms with Crippen LogP contribution in [0.2, 0.25) is 0 Å². The Bertz CT molecular complexity index is 579. The number of aryl methyl sites for hydroxylation is 1. The van der Waals surface area contributed by atoms with Gasteiger partial charge in [-0.25, -0.2) is 9.59 Å². The van der Waals surface area contributed by atoms with E-state index in [-0.39, 0.29) is 0 Å². The van der Waals surface area contributed by atoms with Crippen molar-refractivity contribution in [2.75, 3.05) is 7.11 Å². The van der Waals surface area contributed by atoms with Crippen LogP contribution < -0.4 is 5.32 Å². The molecule has 0 unspecified atom stereocenters. The fourth-order valence-corrected chi connectivity index (χ4v) is 1.92. The van der Waals surface area contributed by atoms with Gasteiger partial charge in [0.15, 0.2) is 0 Å². The van der Waals surface area contributed by atoms with Crippen LogP contribution in [0.1, 0.15) is 38.3 Å². The lowest BCUT2D eigenvalue weighted by molar-refractivity contribution is -0.143. The average Bonchev–Trinajstić information content (AvgIpc) is 2.49. The van der Waals surface area contributed by atoms with Gasteiger partial charge in [-0.2, -0.15) is 0 Å². The maximum Gasteiger partial charge on any atom is 0.408 e. The molecule has 1 atom stereocenters. The first-order valence-corrected chi connectivity index (χ1v) is 7.38. The Morgan fingerprint density at radius 3 is 2.35 bits per heavy atom. The van der Waals surface area contributed by atoms with E-state index in [0.717, 1.165) is 11.1 Å². The summed E-state index contributed by atoms with van der Waals surface area (Å²) in [4.78, 5) is 23.6. The summed E-state index contributed by atoms with van der Waals surface area (Å²) >= 11 is 0. The number of hydrogen-bond acceptors (Lipinski definition) is 4. The number of methoxy groups -OCH3 is 1. The summed E-state index contributed by atoms with van der Waals surface area (Å²) < 4.78 is 9.90. The fraction of sp³-hybridized carbons (Fsp3) is 0.444. The maximum absolute atomic E-state index is 11.8. The van der Waals surface area contributed by atoms with Crippen LogP contribution >= 0.6 is 0 Å². The van der Waals surface area contributed by atoms with Crippen molar-refractivity contribution in [3.8, 4) is 12.3 Å². The van der Waals surface area contributed by atoms with Gasteiger partial charge >= 0.3 is 12.1 Å². The second kappa shape index (κ2) is 8.23. The minimum Gasteiger partial charge on any atom is -0.467 e. The van der Waals surface area contributed by atoms with Gasteiger partial charge in [-0.1, -0.05) is 18.1 Å². The summed E-state index contributed by atoms with van der Waals surface area (Å²) in [7, 11) is 1.29. The fourth-order valence-electron chi connectivity index (χ4n) is 1.92. The Morgan fingerprint density at radius 2 is 1.87 bits per heavy atom. The molecule has 0 aliphatic carbocycles. The van der Waals surface area contributed by atoms with Crippen LogP contribution in [0.15, 0.2) is 24.3 Å². The van der Waals surface area contributed by atoms with E-state index in [0.29, 0.717) is 12.8 Å². The second-order valence-electron chi connectivity index (χ2n) is 6.10. The summed E-state index contributed by atoms with van der Waals surface area (Å²) in [6.45, 7) is 5.27. The van der Waals surface area contributed by atoms with Crippen LogP contribution in [0, 0.1) is 12.3 Å². The van der Waals surface area contributed by atoms with Crippen molar-refractivity contribution in [3.63, 3.8) is 0 Å². The molecular weight excluding hydrogens is 294 g/mol. The molecule has 0 bridgehead atoms. The van der Waals surface area contributed by atoms with Crippen molar-refractivity contribution in [3.05, 3.63) is 35.4 Å². The minimum absolute atomic E-state index is 0.404. The standard InChI is InChI=1S/C18H23NO4/c1-6-13-7-9-14(10-8-13)11-12-15(16(20)22-5)19-17(21)23-18(2,3)4/h1,7-10,15H,11-12H2,2-5H3,(H,19,21)/t15-/m0/s1. The summed E-state index contributed by atoms with van der Waals surface area (Å²) in [5.41, 5.74) is 1.18. The van der Waals surface area contributed by atoms with E-state index in [1.54, 1.807) is 20.8 Å². The van der Waals surface area contributed by atoms with Gasteiger partial charge in [0.25, 0.3) is 0 Å². The Balaban J connectivity index is 2.66. The molecule has 23 heavy (non-hydrogen) atoms. The first-order valence-electron chi connectivity index (χ1n) is 7.38. The predicted octanol–water partition coefficient (Wildman–Crippen LogP) is 2.67. The summed E-state index contributed by atoms with van der Waals surface area (Å²) in [5, 5.41) is 2.55. The van der Waals surface area contributed by atoms with Gasteiger partial charge < -0.3 is 14.8 Å². The smallest absolute Gasteiger partial charge is 0.408 e. The number of esters is 1. The highest BCUT2D eigenvalue weighted by atomic mass is 16.6. The number of carbonyl (C=O) groups is 2. The molecule has 0 spiro atoms. The molecule has 1 rings (SSSR count). The number of hydrogen-bond donors (Lipinski definition) is 1. The van der Waals surface area contributed by atoms with E-state index in [1.807, 2.05) is 24.3 Å². The first kappa shape index (κ1) is 18.6. The molecule has 124 valence electrons. The van der Waals surface area contributed by atoms with Crippen LogP contribution in [0.3, 0.4) is 0 Å². The molecule has 0 saturated carbocycles. The molecule has 0 aliphatic rings. The normalized spacial score (nSPS) is 12.0. The molecule has 0 fully saturated rings. The third-order valence-corrected chi connectivity index (χ3v) is 3.02. The monoisotopic (exact) mass is 317 g/mol. The molecule has 0 aliphatic heterocycles. The molecular formula is C18H23NO4. The van der Waals surface area contributed by atoms with Crippen molar-refractivity contribution in [1.82, 2.24) is 5.32 Å². The molecule has 5 heteroatoms. The summed E-state index contributed by atoms with van der Waals surface area (Å²) in [6.07, 6.45) is 5.67. The van der Waals surface area contributed by atoms with E-state index in [4.69, 9.17) is 15.9 Å².